The number of aromatic nitrogens is 2. The largest absolute Gasteiger partial charge is 0.480 e. The van der Waals surface area contributed by atoms with Gasteiger partial charge in [0.25, 0.3) is 5.89 Å². The summed E-state index contributed by atoms with van der Waals surface area (Å²) in [5.41, 5.74) is 5.23. The minimum absolute atomic E-state index is 0.0228. The molecule has 0 aliphatic rings. The molecule has 1 aromatic rings. The van der Waals surface area contributed by atoms with Crippen molar-refractivity contribution in [2.24, 2.45) is 5.73 Å². The first-order valence-electron chi connectivity index (χ1n) is 8.65. The van der Waals surface area contributed by atoms with Crippen molar-refractivity contribution in [2.45, 2.75) is 82.6 Å². The molecular weight excluding hydrogens is 330 g/mol. The van der Waals surface area contributed by atoms with Crippen LogP contribution in [-0.4, -0.2) is 54.8 Å². The molecule has 9 heteroatoms. The molecule has 0 aromatic carbocycles. The number of unbranched alkanes of at least 4 members (excludes halogenated alkanes) is 4. The van der Waals surface area contributed by atoms with Crippen LogP contribution in [0.1, 0.15) is 76.1 Å². The van der Waals surface area contributed by atoms with E-state index in [1.165, 1.54) is 19.3 Å². The average molecular weight is 359 g/mol. The summed E-state index contributed by atoms with van der Waals surface area (Å²) in [6, 6.07) is -1.74. The lowest BCUT2D eigenvalue weighted by molar-refractivity contribution is -0.146. The van der Waals surface area contributed by atoms with Gasteiger partial charge in [0.2, 0.25) is 0 Å². The fourth-order valence-electron chi connectivity index (χ4n) is 2.44. The first kappa shape index (κ1) is 21.5. The van der Waals surface area contributed by atoms with Gasteiger partial charge in [-0.1, -0.05) is 51.1 Å². The second kappa shape index (κ2) is 10.4. The van der Waals surface area contributed by atoms with E-state index in [4.69, 9.17) is 15.4 Å². The third kappa shape index (κ3) is 6.35. The number of carboxylic acid groups (broad SMARTS) is 1. The molecule has 1 aromatic heterocycles. The van der Waals surface area contributed by atoms with Gasteiger partial charge in [-0.25, -0.2) is 0 Å². The van der Waals surface area contributed by atoms with E-state index in [0.717, 1.165) is 19.3 Å². The lowest BCUT2D eigenvalue weighted by Crippen LogP contribution is -2.50. The SMILES string of the molecule is CCCCCCCC(C)c1noc(C(O)C(O)C(O)C(N)C(=O)O)n1. The van der Waals surface area contributed by atoms with Crippen LogP contribution in [0.2, 0.25) is 0 Å². The van der Waals surface area contributed by atoms with E-state index in [0.29, 0.717) is 5.82 Å². The van der Waals surface area contributed by atoms with E-state index in [1.807, 2.05) is 6.92 Å². The Morgan fingerprint density at radius 3 is 2.40 bits per heavy atom. The number of hydrogen-bond acceptors (Lipinski definition) is 8. The number of carbonyl (C=O) groups is 1. The van der Waals surface area contributed by atoms with Gasteiger partial charge in [0.05, 0.1) is 0 Å². The first-order chi connectivity index (χ1) is 11.8. The molecule has 6 N–H and O–H groups in total. The molecule has 0 saturated heterocycles. The Kier molecular flexibility index (Phi) is 8.98. The van der Waals surface area contributed by atoms with Crippen molar-refractivity contribution in [1.82, 2.24) is 10.1 Å². The van der Waals surface area contributed by atoms with Gasteiger partial charge in [-0.15, -0.1) is 0 Å². The van der Waals surface area contributed by atoms with Gasteiger partial charge in [0, 0.05) is 5.92 Å². The van der Waals surface area contributed by atoms with E-state index in [-0.39, 0.29) is 11.8 Å². The van der Waals surface area contributed by atoms with Crippen LogP contribution in [0, 0.1) is 0 Å². The number of hydrogen-bond donors (Lipinski definition) is 5. The Bertz CT molecular complexity index is 524. The Balaban J connectivity index is 2.59. The third-order valence-corrected chi connectivity index (χ3v) is 4.22. The highest BCUT2D eigenvalue weighted by atomic mass is 16.5. The standard InChI is InChI=1S/C16H29N3O6/c1-3-4-5-6-7-8-9(2)14-18-15(25-19-14)13(22)12(21)11(20)10(17)16(23)24/h9-13,20-22H,3-8,17H2,1-2H3,(H,23,24). The fourth-order valence-corrected chi connectivity index (χ4v) is 2.44. The maximum atomic E-state index is 10.7. The number of aliphatic hydroxyl groups excluding tert-OH is 3. The van der Waals surface area contributed by atoms with Gasteiger partial charge < -0.3 is 30.7 Å². The van der Waals surface area contributed by atoms with E-state index >= 15 is 0 Å². The molecule has 9 nitrogen and oxygen atoms in total. The summed E-state index contributed by atoms with van der Waals surface area (Å²) >= 11 is 0. The van der Waals surface area contributed by atoms with Crippen LogP contribution in [0.15, 0.2) is 4.52 Å². The normalized spacial score (nSPS) is 17.7. The van der Waals surface area contributed by atoms with Crippen molar-refractivity contribution in [3.8, 4) is 0 Å². The summed E-state index contributed by atoms with van der Waals surface area (Å²) in [4.78, 5) is 14.8. The molecule has 5 atom stereocenters. The van der Waals surface area contributed by atoms with Gasteiger partial charge in [-0.05, 0) is 6.42 Å². The molecular formula is C16H29N3O6. The predicted octanol–water partition coefficient (Wildman–Crippen LogP) is 0.701. The zero-order valence-electron chi connectivity index (χ0n) is 14.7. The van der Waals surface area contributed by atoms with Crippen molar-refractivity contribution < 1.29 is 29.7 Å². The maximum absolute atomic E-state index is 10.7. The summed E-state index contributed by atoms with van der Waals surface area (Å²) in [7, 11) is 0. The van der Waals surface area contributed by atoms with E-state index in [2.05, 4.69) is 17.1 Å². The Morgan fingerprint density at radius 2 is 1.80 bits per heavy atom. The number of nitrogens with two attached hydrogens (primary N) is 1. The maximum Gasteiger partial charge on any atom is 0.323 e. The summed E-state index contributed by atoms with van der Waals surface area (Å²) in [5, 5.41) is 42.1. The molecule has 0 bridgehead atoms. The number of aliphatic carboxylic acids is 1. The number of rotatable bonds is 12. The molecule has 0 fully saturated rings. The molecule has 0 aliphatic heterocycles. The Hall–Kier alpha value is -1.55. The number of carboxylic acids is 1. The fraction of sp³-hybridized carbons (Fsp3) is 0.812. The van der Waals surface area contributed by atoms with E-state index < -0.39 is 30.3 Å². The monoisotopic (exact) mass is 359 g/mol. The van der Waals surface area contributed by atoms with Crippen LogP contribution in [0.5, 0.6) is 0 Å². The van der Waals surface area contributed by atoms with Gasteiger partial charge in [0.15, 0.2) is 11.9 Å². The molecule has 144 valence electrons. The molecule has 0 amide bonds. The van der Waals surface area contributed by atoms with Gasteiger partial charge in [-0.2, -0.15) is 4.98 Å². The summed E-state index contributed by atoms with van der Waals surface area (Å²) in [6.45, 7) is 4.09. The van der Waals surface area contributed by atoms with Crippen LogP contribution in [0.4, 0.5) is 0 Å². The van der Waals surface area contributed by atoms with Crippen LogP contribution in [0.25, 0.3) is 0 Å². The molecule has 0 radical (unpaired) electrons. The second-order valence-electron chi connectivity index (χ2n) is 6.38. The Labute approximate surface area is 146 Å². The number of nitrogens with zero attached hydrogens (tertiary/aromatic N) is 2. The smallest absolute Gasteiger partial charge is 0.323 e. The highest BCUT2D eigenvalue weighted by Gasteiger charge is 2.36. The topological polar surface area (TPSA) is 163 Å². The van der Waals surface area contributed by atoms with Crippen molar-refractivity contribution in [3.05, 3.63) is 11.7 Å². The van der Waals surface area contributed by atoms with E-state index in [9.17, 15) is 20.1 Å². The molecule has 0 aliphatic carbocycles. The zero-order valence-corrected chi connectivity index (χ0v) is 14.7. The molecule has 5 unspecified atom stereocenters. The average Bonchev–Trinajstić information content (AvgIpc) is 3.08. The van der Waals surface area contributed by atoms with Crippen molar-refractivity contribution in [1.29, 1.82) is 0 Å². The molecule has 25 heavy (non-hydrogen) atoms. The molecule has 0 spiro atoms. The minimum Gasteiger partial charge on any atom is -0.480 e. The molecule has 1 heterocycles. The summed E-state index contributed by atoms with van der Waals surface area (Å²) in [5.74, 6) is -1.36. The highest BCUT2D eigenvalue weighted by Crippen LogP contribution is 2.24. The quantitative estimate of drug-likeness (QED) is 0.338. The zero-order chi connectivity index (χ0) is 19.0. The first-order valence-corrected chi connectivity index (χ1v) is 8.65. The summed E-state index contributed by atoms with van der Waals surface area (Å²) < 4.78 is 4.93. The lowest BCUT2D eigenvalue weighted by Gasteiger charge is -2.23. The van der Waals surface area contributed by atoms with Crippen LogP contribution >= 0.6 is 0 Å². The van der Waals surface area contributed by atoms with Crippen LogP contribution in [-0.2, 0) is 4.79 Å². The van der Waals surface area contributed by atoms with Crippen molar-refractivity contribution in [2.75, 3.05) is 0 Å². The van der Waals surface area contributed by atoms with Crippen LogP contribution < -0.4 is 5.73 Å². The molecule has 1 rings (SSSR count). The molecule has 0 saturated carbocycles. The van der Waals surface area contributed by atoms with Crippen LogP contribution in [0.3, 0.4) is 0 Å². The predicted molar refractivity (Wildman–Crippen MR) is 88.7 cm³/mol. The second-order valence-corrected chi connectivity index (χ2v) is 6.38. The highest BCUT2D eigenvalue weighted by molar-refractivity contribution is 5.74. The Morgan fingerprint density at radius 1 is 1.16 bits per heavy atom. The van der Waals surface area contributed by atoms with Crippen molar-refractivity contribution in [3.63, 3.8) is 0 Å². The minimum atomic E-state index is -1.88. The van der Waals surface area contributed by atoms with Crippen molar-refractivity contribution >= 4 is 5.97 Å². The third-order valence-electron chi connectivity index (χ3n) is 4.22. The van der Waals surface area contributed by atoms with Gasteiger partial charge in [0.1, 0.15) is 18.2 Å². The van der Waals surface area contributed by atoms with Gasteiger partial charge in [-0.3, -0.25) is 4.79 Å². The lowest BCUT2D eigenvalue weighted by atomic mass is 10.0. The summed E-state index contributed by atoms with van der Waals surface area (Å²) in [6.07, 6.45) is 1.15. The van der Waals surface area contributed by atoms with Gasteiger partial charge >= 0.3 is 5.97 Å². The van der Waals surface area contributed by atoms with E-state index in [1.54, 1.807) is 0 Å². The number of aliphatic hydroxyl groups is 3.